The number of carbonyl (C=O) groups is 1. The average Bonchev–Trinajstić information content (AvgIpc) is 2.77. The molecule has 1 amide bonds. The zero-order chi connectivity index (χ0) is 11.6. The molecule has 0 aliphatic heterocycles. The minimum atomic E-state index is 0. The van der Waals surface area contributed by atoms with Crippen LogP contribution >= 0.6 is 36.2 Å². The summed E-state index contributed by atoms with van der Waals surface area (Å²) in [5, 5.41) is 8.78. The Morgan fingerprint density at radius 2 is 2.22 bits per heavy atom. The molecule has 0 saturated carbocycles. The molecular formula is C10H19Cl2N3O2S. The highest BCUT2D eigenvalue weighted by molar-refractivity contribution is 7.09. The third kappa shape index (κ3) is 9.61. The Balaban J connectivity index is 0. The van der Waals surface area contributed by atoms with Crippen molar-refractivity contribution < 1.29 is 9.53 Å². The molecular weight excluding hydrogens is 297 g/mol. The third-order valence-corrected chi connectivity index (χ3v) is 2.75. The van der Waals surface area contributed by atoms with Crippen molar-refractivity contribution in [3.05, 3.63) is 16.6 Å². The third-order valence-electron chi connectivity index (χ3n) is 1.91. The van der Waals surface area contributed by atoms with Gasteiger partial charge in [-0.3, -0.25) is 4.79 Å². The summed E-state index contributed by atoms with van der Waals surface area (Å²) < 4.78 is 4.85. The van der Waals surface area contributed by atoms with Gasteiger partial charge in [0.1, 0.15) is 0 Å². The van der Waals surface area contributed by atoms with E-state index in [0.717, 1.165) is 11.4 Å². The number of carbonyl (C=O) groups excluding carboxylic acids is 1. The summed E-state index contributed by atoms with van der Waals surface area (Å²) in [6.07, 6.45) is 2.57. The number of thiazole rings is 1. The molecule has 106 valence electrons. The van der Waals surface area contributed by atoms with Gasteiger partial charge in [0.15, 0.2) is 0 Å². The van der Waals surface area contributed by atoms with Gasteiger partial charge in [-0.2, -0.15) is 0 Å². The molecule has 0 radical (unpaired) electrons. The lowest BCUT2D eigenvalue weighted by molar-refractivity contribution is -0.120. The Labute approximate surface area is 124 Å². The van der Waals surface area contributed by atoms with Gasteiger partial charge in [-0.15, -0.1) is 36.2 Å². The molecule has 0 aliphatic rings. The van der Waals surface area contributed by atoms with Crippen LogP contribution < -0.4 is 10.6 Å². The molecule has 1 rings (SSSR count). The quantitative estimate of drug-likeness (QED) is 0.699. The first-order valence-corrected chi connectivity index (χ1v) is 6.05. The lowest BCUT2D eigenvalue weighted by Crippen LogP contribution is -2.36. The Morgan fingerprint density at radius 1 is 1.44 bits per heavy atom. The normalized spacial score (nSPS) is 9.17. The molecule has 2 N–H and O–H groups in total. The van der Waals surface area contributed by atoms with Crippen LogP contribution in [0.5, 0.6) is 0 Å². The van der Waals surface area contributed by atoms with Crippen LogP contribution in [0, 0.1) is 0 Å². The van der Waals surface area contributed by atoms with Gasteiger partial charge >= 0.3 is 0 Å². The molecule has 0 spiro atoms. The van der Waals surface area contributed by atoms with Crippen LogP contribution in [-0.2, 0) is 16.0 Å². The highest BCUT2D eigenvalue weighted by Gasteiger charge is 2.00. The van der Waals surface area contributed by atoms with Gasteiger partial charge in [-0.25, -0.2) is 4.98 Å². The van der Waals surface area contributed by atoms with E-state index in [4.69, 9.17) is 4.74 Å². The maximum atomic E-state index is 11.3. The number of halogens is 2. The summed E-state index contributed by atoms with van der Waals surface area (Å²) in [6.45, 7) is 2.28. The van der Waals surface area contributed by atoms with E-state index in [1.54, 1.807) is 24.6 Å². The first kappa shape index (κ1) is 19.9. The van der Waals surface area contributed by atoms with Crippen molar-refractivity contribution in [2.75, 3.05) is 33.4 Å². The largest absolute Gasteiger partial charge is 0.383 e. The summed E-state index contributed by atoms with van der Waals surface area (Å²) in [6, 6.07) is 0. The molecule has 1 aromatic heterocycles. The lowest BCUT2D eigenvalue weighted by Gasteiger charge is -2.05. The Kier molecular flexibility index (Phi) is 14.4. The minimum Gasteiger partial charge on any atom is -0.383 e. The van der Waals surface area contributed by atoms with Crippen LogP contribution in [0.1, 0.15) is 5.01 Å². The van der Waals surface area contributed by atoms with Crippen molar-refractivity contribution in [3.63, 3.8) is 0 Å². The van der Waals surface area contributed by atoms with E-state index in [9.17, 15) is 4.79 Å². The maximum absolute atomic E-state index is 11.3. The zero-order valence-electron chi connectivity index (χ0n) is 10.2. The fourth-order valence-electron chi connectivity index (χ4n) is 1.12. The molecule has 8 heteroatoms. The molecule has 1 heterocycles. The van der Waals surface area contributed by atoms with E-state index >= 15 is 0 Å². The predicted octanol–water partition coefficient (Wildman–Crippen LogP) is 0.881. The van der Waals surface area contributed by atoms with Crippen molar-refractivity contribution in [2.24, 2.45) is 0 Å². The van der Waals surface area contributed by atoms with E-state index in [1.807, 2.05) is 5.38 Å². The number of rotatable bonds is 8. The van der Waals surface area contributed by atoms with E-state index < -0.39 is 0 Å². The SMILES string of the molecule is COCCNCC(=O)NCCc1nccs1.Cl.Cl. The summed E-state index contributed by atoms with van der Waals surface area (Å²) >= 11 is 1.60. The Hall–Kier alpha value is -0.400. The van der Waals surface area contributed by atoms with E-state index in [1.165, 1.54) is 0 Å². The fraction of sp³-hybridized carbons (Fsp3) is 0.600. The molecule has 0 aromatic carbocycles. The number of methoxy groups -OCH3 is 1. The van der Waals surface area contributed by atoms with Crippen molar-refractivity contribution in [1.82, 2.24) is 15.6 Å². The molecule has 0 bridgehead atoms. The van der Waals surface area contributed by atoms with Gasteiger partial charge in [0.05, 0.1) is 18.2 Å². The molecule has 0 unspecified atom stereocenters. The first-order valence-electron chi connectivity index (χ1n) is 5.17. The van der Waals surface area contributed by atoms with Crippen LogP contribution in [0.4, 0.5) is 0 Å². The van der Waals surface area contributed by atoms with Crippen LogP contribution in [0.2, 0.25) is 0 Å². The predicted molar refractivity (Wildman–Crippen MR) is 78.1 cm³/mol. The number of hydrogen-bond donors (Lipinski definition) is 2. The van der Waals surface area contributed by atoms with Crippen molar-refractivity contribution in [3.8, 4) is 0 Å². The molecule has 1 aromatic rings. The molecule has 0 aliphatic carbocycles. The summed E-state index contributed by atoms with van der Waals surface area (Å²) in [7, 11) is 1.63. The van der Waals surface area contributed by atoms with Gasteiger partial charge in [-0.1, -0.05) is 0 Å². The van der Waals surface area contributed by atoms with Gasteiger partial charge < -0.3 is 15.4 Å². The second kappa shape index (κ2) is 13.0. The Morgan fingerprint density at radius 3 is 2.83 bits per heavy atom. The van der Waals surface area contributed by atoms with Crippen LogP contribution in [0.15, 0.2) is 11.6 Å². The number of aromatic nitrogens is 1. The smallest absolute Gasteiger partial charge is 0.233 e. The first-order chi connectivity index (χ1) is 7.83. The number of amides is 1. The molecule has 0 fully saturated rings. The summed E-state index contributed by atoms with van der Waals surface area (Å²) in [5.74, 6) is 0.00709. The number of nitrogens with zero attached hydrogens (tertiary/aromatic N) is 1. The highest BCUT2D eigenvalue weighted by Crippen LogP contribution is 2.03. The molecule has 0 saturated heterocycles. The summed E-state index contributed by atoms with van der Waals surface area (Å²) in [4.78, 5) is 15.4. The van der Waals surface area contributed by atoms with Crippen LogP contribution in [0.3, 0.4) is 0 Å². The van der Waals surface area contributed by atoms with E-state index in [-0.39, 0.29) is 30.7 Å². The van der Waals surface area contributed by atoms with Gasteiger partial charge in [0.25, 0.3) is 0 Å². The molecule has 5 nitrogen and oxygen atoms in total. The minimum absolute atomic E-state index is 0. The second-order valence-corrected chi connectivity index (χ2v) is 4.17. The topological polar surface area (TPSA) is 63.2 Å². The zero-order valence-corrected chi connectivity index (χ0v) is 12.6. The van der Waals surface area contributed by atoms with Crippen LogP contribution in [0.25, 0.3) is 0 Å². The van der Waals surface area contributed by atoms with E-state index in [2.05, 4.69) is 15.6 Å². The molecule has 0 atom stereocenters. The van der Waals surface area contributed by atoms with Crippen LogP contribution in [-0.4, -0.2) is 44.2 Å². The number of ether oxygens (including phenoxy) is 1. The fourth-order valence-corrected chi connectivity index (χ4v) is 1.74. The second-order valence-electron chi connectivity index (χ2n) is 3.20. The standard InChI is InChI=1S/C10H17N3O2S.2ClH/c1-15-6-4-11-8-9(14)12-3-2-10-13-5-7-16-10;;/h5,7,11H,2-4,6,8H2,1H3,(H,12,14);2*1H. The monoisotopic (exact) mass is 315 g/mol. The summed E-state index contributed by atoms with van der Waals surface area (Å²) in [5.41, 5.74) is 0. The number of nitrogens with one attached hydrogen (secondary N) is 2. The lowest BCUT2D eigenvalue weighted by atomic mass is 10.4. The van der Waals surface area contributed by atoms with Crippen molar-refractivity contribution >= 4 is 42.1 Å². The number of hydrogen-bond acceptors (Lipinski definition) is 5. The van der Waals surface area contributed by atoms with Crippen molar-refractivity contribution in [1.29, 1.82) is 0 Å². The average molecular weight is 316 g/mol. The Bertz CT molecular complexity index is 299. The molecule has 18 heavy (non-hydrogen) atoms. The van der Waals surface area contributed by atoms with E-state index in [0.29, 0.717) is 26.2 Å². The highest BCUT2D eigenvalue weighted by atomic mass is 35.5. The van der Waals surface area contributed by atoms with Gasteiger partial charge in [-0.05, 0) is 0 Å². The van der Waals surface area contributed by atoms with Gasteiger partial charge in [0.2, 0.25) is 5.91 Å². The maximum Gasteiger partial charge on any atom is 0.233 e. The van der Waals surface area contributed by atoms with Gasteiger partial charge in [0, 0.05) is 38.2 Å². The van der Waals surface area contributed by atoms with Crippen molar-refractivity contribution in [2.45, 2.75) is 6.42 Å².